The Labute approximate surface area is 74.2 Å². The van der Waals surface area contributed by atoms with Crippen molar-refractivity contribution in [1.29, 1.82) is 0 Å². The van der Waals surface area contributed by atoms with Crippen LogP contribution < -0.4 is 0 Å². The van der Waals surface area contributed by atoms with Crippen LogP contribution in [0.5, 0.6) is 0 Å². The first-order valence-electron chi connectivity index (χ1n) is 4.04. The van der Waals surface area contributed by atoms with E-state index in [0.717, 1.165) is 19.3 Å². The molecule has 0 bridgehead atoms. The third-order valence-electron chi connectivity index (χ3n) is 1.21. The number of unbranched alkanes of at least 4 members (excludes halogenated alkanes) is 2. The third-order valence-corrected chi connectivity index (χ3v) is 1.21. The molecule has 0 saturated carbocycles. The fourth-order valence-electron chi connectivity index (χ4n) is 0.688. The van der Waals surface area contributed by atoms with Crippen molar-refractivity contribution in [3.05, 3.63) is 24.8 Å². The van der Waals surface area contributed by atoms with Gasteiger partial charge in [0.2, 0.25) is 5.78 Å². The second-order valence-corrected chi connectivity index (χ2v) is 2.41. The molecule has 1 nitrogen and oxygen atoms in total. The second-order valence-electron chi connectivity index (χ2n) is 2.41. The lowest BCUT2D eigenvalue weighted by atomic mass is 10.2. The minimum atomic E-state index is -0.0587. The molecular formula is C11H14O. The van der Waals surface area contributed by atoms with E-state index in [2.05, 4.69) is 18.4 Å². The van der Waals surface area contributed by atoms with Gasteiger partial charge in [-0.25, -0.2) is 0 Å². The Bertz CT molecular complexity index is 225. The van der Waals surface area contributed by atoms with Crippen LogP contribution in [0.3, 0.4) is 0 Å². The molecule has 0 rings (SSSR count). The van der Waals surface area contributed by atoms with Gasteiger partial charge in [0, 0.05) is 13.3 Å². The van der Waals surface area contributed by atoms with E-state index >= 15 is 0 Å². The molecule has 1 heteroatoms. The number of hydrogen-bond acceptors (Lipinski definition) is 1. The maximum atomic E-state index is 10.4. The van der Waals surface area contributed by atoms with Gasteiger partial charge in [-0.1, -0.05) is 30.7 Å². The van der Waals surface area contributed by atoms with E-state index in [1.165, 1.54) is 6.92 Å². The van der Waals surface area contributed by atoms with Crippen LogP contribution in [-0.4, -0.2) is 5.78 Å². The summed E-state index contributed by atoms with van der Waals surface area (Å²) in [7, 11) is 0. The molecule has 0 unspecified atom stereocenters. The molecule has 0 amide bonds. The summed E-state index contributed by atoms with van der Waals surface area (Å²) in [6, 6.07) is 0. The Hall–Kier alpha value is -1.29. The molecule has 0 radical (unpaired) electrons. The normalized spacial score (nSPS) is 9.08. The van der Waals surface area contributed by atoms with Crippen LogP contribution in [0.1, 0.15) is 26.2 Å². The predicted molar refractivity (Wildman–Crippen MR) is 51.6 cm³/mol. The van der Waals surface area contributed by atoms with Crippen LogP contribution in [-0.2, 0) is 4.79 Å². The second kappa shape index (κ2) is 7.81. The van der Waals surface area contributed by atoms with Crippen LogP contribution in [0.4, 0.5) is 0 Å². The number of hydrogen-bond donors (Lipinski definition) is 0. The molecule has 0 heterocycles. The molecule has 0 N–H and O–H groups in total. The molecule has 0 fully saturated rings. The Morgan fingerprint density at radius 3 is 2.92 bits per heavy atom. The van der Waals surface area contributed by atoms with Gasteiger partial charge in [-0.3, -0.25) is 4.79 Å². The van der Waals surface area contributed by atoms with E-state index < -0.39 is 0 Å². The molecule has 0 aromatic rings. The quantitative estimate of drug-likeness (QED) is 0.268. The van der Waals surface area contributed by atoms with Gasteiger partial charge in [0.05, 0.1) is 0 Å². The highest BCUT2D eigenvalue weighted by atomic mass is 16.1. The van der Waals surface area contributed by atoms with E-state index in [0.29, 0.717) is 0 Å². The van der Waals surface area contributed by atoms with Crippen molar-refractivity contribution in [3.63, 3.8) is 0 Å². The molecular weight excluding hydrogens is 148 g/mol. The fourth-order valence-corrected chi connectivity index (χ4v) is 0.688. The van der Waals surface area contributed by atoms with Gasteiger partial charge >= 0.3 is 0 Å². The zero-order valence-corrected chi connectivity index (χ0v) is 7.47. The van der Waals surface area contributed by atoms with E-state index in [1.807, 2.05) is 12.2 Å². The van der Waals surface area contributed by atoms with Gasteiger partial charge in [0.25, 0.3) is 0 Å². The molecule has 0 aliphatic heterocycles. The van der Waals surface area contributed by atoms with E-state index in [4.69, 9.17) is 0 Å². The third kappa shape index (κ3) is 8.71. The first kappa shape index (κ1) is 10.7. The lowest BCUT2D eigenvalue weighted by Gasteiger charge is -1.85. The minimum absolute atomic E-state index is 0.0587. The van der Waals surface area contributed by atoms with E-state index in [-0.39, 0.29) is 5.78 Å². The highest BCUT2D eigenvalue weighted by Gasteiger charge is 1.81. The summed E-state index contributed by atoms with van der Waals surface area (Å²) in [6.45, 7) is 5.04. The Morgan fingerprint density at radius 1 is 1.58 bits per heavy atom. The highest BCUT2D eigenvalue weighted by Crippen LogP contribution is 1.94. The van der Waals surface area contributed by atoms with Crippen molar-refractivity contribution in [2.75, 3.05) is 0 Å². The van der Waals surface area contributed by atoms with Crippen molar-refractivity contribution in [1.82, 2.24) is 0 Å². The Kier molecular flexibility index (Phi) is 6.97. The average Bonchev–Trinajstić information content (AvgIpc) is 2.02. The van der Waals surface area contributed by atoms with Crippen molar-refractivity contribution in [2.24, 2.45) is 0 Å². The van der Waals surface area contributed by atoms with Gasteiger partial charge in [0.1, 0.15) is 0 Å². The van der Waals surface area contributed by atoms with E-state index in [1.54, 1.807) is 6.08 Å². The number of ketones is 1. The van der Waals surface area contributed by atoms with Crippen LogP contribution in [0.2, 0.25) is 0 Å². The monoisotopic (exact) mass is 162 g/mol. The number of carbonyl (C=O) groups excluding carboxylic acids is 1. The van der Waals surface area contributed by atoms with Crippen LogP contribution in [0.15, 0.2) is 24.8 Å². The SMILES string of the molecule is C=CC=CCCCC#CC(C)=O. The topological polar surface area (TPSA) is 17.1 Å². The summed E-state index contributed by atoms with van der Waals surface area (Å²) in [5.74, 6) is 5.25. The van der Waals surface area contributed by atoms with Crippen LogP contribution in [0, 0.1) is 11.8 Å². The molecule has 0 aliphatic carbocycles. The fraction of sp³-hybridized carbons (Fsp3) is 0.364. The van der Waals surface area contributed by atoms with Crippen molar-refractivity contribution >= 4 is 5.78 Å². The molecule has 12 heavy (non-hydrogen) atoms. The summed E-state index contributed by atoms with van der Waals surface area (Å²) in [5.41, 5.74) is 0. The lowest BCUT2D eigenvalue weighted by molar-refractivity contribution is -0.111. The van der Waals surface area contributed by atoms with Gasteiger partial charge in [0.15, 0.2) is 0 Å². The van der Waals surface area contributed by atoms with Crippen molar-refractivity contribution in [2.45, 2.75) is 26.2 Å². The van der Waals surface area contributed by atoms with Crippen LogP contribution in [0.25, 0.3) is 0 Å². The number of rotatable bonds is 4. The van der Waals surface area contributed by atoms with Gasteiger partial charge in [-0.2, -0.15) is 0 Å². The van der Waals surface area contributed by atoms with Crippen LogP contribution >= 0.6 is 0 Å². The summed E-state index contributed by atoms with van der Waals surface area (Å²) in [5, 5.41) is 0. The van der Waals surface area contributed by atoms with Crippen molar-refractivity contribution in [3.8, 4) is 11.8 Å². The minimum Gasteiger partial charge on any atom is -0.285 e. The van der Waals surface area contributed by atoms with Gasteiger partial charge in [-0.05, 0) is 18.8 Å². The smallest absolute Gasteiger partial charge is 0.202 e. The molecule has 0 aromatic heterocycles. The number of carbonyl (C=O) groups is 1. The van der Waals surface area contributed by atoms with E-state index in [9.17, 15) is 4.79 Å². The first-order chi connectivity index (χ1) is 5.77. The molecule has 0 spiro atoms. The maximum absolute atomic E-state index is 10.4. The molecule has 64 valence electrons. The summed E-state index contributed by atoms with van der Waals surface area (Å²) >= 11 is 0. The highest BCUT2D eigenvalue weighted by molar-refractivity contribution is 5.93. The Balaban J connectivity index is 3.34. The van der Waals surface area contributed by atoms with Crippen molar-refractivity contribution < 1.29 is 4.79 Å². The summed E-state index contributed by atoms with van der Waals surface area (Å²) < 4.78 is 0. The molecule has 0 saturated heterocycles. The zero-order chi connectivity index (χ0) is 9.23. The molecule has 0 aromatic carbocycles. The van der Waals surface area contributed by atoms with Gasteiger partial charge < -0.3 is 0 Å². The van der Waals surface area contributed by atoms with Gasteiger partial charge in [-0.15, -0.1) is 0 Å². The summed E-state index contributed by atoms with van der Waals surface area (Å²) in [4.78, 5) is 10.4. The number of Topliss-reactive ketones (excluding diaryl/α,β-unsaturated/α-hetero) is 1. The number of allylic oxidation sites excluding steroid dienone is 3. The average molecular weight is 162 g/mol. The molecule has 0 atom stereocenters. The largest absolute Gasteiger partial charge is 0.285 e. The molecule has 0 aliphatic rings. The first-order valence-corrected chi connectivity index (χ1v) is 4.04. The maximum Gasteiger partial charge on any atom is 0.202 e. The Morgan fingerprint density at radius 2 is 2.33 bits per heavy atom. The standard InChI is InChI=1S/C11H14O/c1-3-4-5-6-7-8-9-10-11(2)12/h3-5H,1,6-8H2,2H3. The predicted octanol–water partition coefficient (Wildman–Crippen LogP) is 2.49. The summed E-state index contributed by atoms with van der Waals surface area (Å²) in [6.07, 6.45) is 8.51. The zero-order valence-electron chi connectivity index (χ0n) is 7.47. The lowest BCUT2D eigenvalue weighted by Crippen LogP contribution is -1.80.